The molecule has 4 rings (SSSR count). The second-order valence-electron chi connectivity index (χ2n) is 6.84. The SMILES string of the molecule is CC(=O)Oc1ccc(-c2nc3ccccn3c2NC2CCCCC2)cc1. The van der Waals surface area contributed by atoms with Gasteiger partial charge in [0.1, 0.15) is 22.9 Å². The first-order valence-corrected chi connectivity index (χ1v) is 9.23. The Morgan fingerprint density at radius 1 is 1.12 bits per heavy atom. The Hall–Kier alpha value is -2.82. The maximum Gasteiger partial charge on any atom is 0.308 e. The van der Waals surface area contributed by atoms with E-state index in [0.717, 1.165) is 22.7 Å². The van der Waals surface area contributed by atoms with E-state index in [9.17, 15) is 4.79 Å². The largest absolute Gasteiger partial charge is 0.427 e. The Morgan fingerprint density at radius 2 is 1.88 bits per heavy atom. The Labute approximate surface area is 153 Å². The number of pyridine rings is 1. The van der Waals surface area contributed by atoms with Crippen molar-refractivity contribution in [3.63, 3.8) is 0 Å². The van der Waals surface area contributed by atoms with E-state index >= 15 is 0 Å². The highest BCUT2D eigenvalue weighted by molar-refractivity contribution is 5.77. The molecule has 134 valence electrons. The molecule has 3 aromatic rings. The minimum Gasteiger partial charge on any atom is -0.427 e. The topological polar surface area (TPSA) is 55.6 Å². The standard InChI is InChI=1S/C21H23N3O2/c1-15(25)26-18-12-10-16(11-13-18)20-21(22-17-7-3-2-4-8-17)24-14-6-5-9-19(24)23-20/h5-6,9-14,17,22H,2-4,7-8H2,1H3. The van der Waals surface area contributed by atoms with Gasteiger partial charge in [-0.15, -0.1) is 0 Å². The molecular weight excluding hydrogens is 326 g/mol. The number of esters is 1. The molecule has 0 saturated heterocycles. The molecule has 0 aliphatic heterocycles. The van der Waals surface area contributed by atoms with E-state index in [0.29, 0.717) is 11.8 Å². The van der Waals surface area contributed by atoms with E-state index in [4.69, 9.17) is 9.72 Å². The van der Waals surface area contributed by atoms with Crippen LogP contribution in [0.3, 0.4) is 0 Å². The van der Waals surface area contributed by atoms with Gasteiger partial charge < -0.3 is 10.1 Å². The van der Waals surface area contributed by atoms with Crippen LogP contribution in [0.2, 0.25) is 0 Å². The molecule has 1 aliphatic carbocycles. The predicted octanol–water partition coefficient (Wildman–Crippen LogP) is 4.67. The third-order valence-electron chi connectivity index (χ3n) is 4.87. The van der Waals surface area contributed by atoms with Gasteiger partial charge in [0.05, 0.1) is 0 Å². The van der Waals surface area contributed by atoms with Crippen molar-refractivity contribution in [2.45, 2.75) is 45.1 Å². The molecule has 1 saturated carbocycles. The van der Waals surface area contributed by atoms with Crippen molar-refractivity contribution in [3.05, 3.63) is 48.7 Å². The molecule has 0 atom stereocenters. The summed E-state index contributed by atoms with van der Waals surface area (Å²) in [7, 11) is 0. The van der Waals surface area contributed by atoms with E-state index in [1.807, 2.05) is 48.7 Å². The molecule has 0 unspecified atom stereocenters. The third-order valence-corrected chi connectivity index (χ3v) is 4.87. The lowest BCUT2D eigenvalue weighted by molar-refractivity contribution is -0.131. The highest BCUT2D eigenvalue weighted by Gasteiger charge is 2.19. The molecule has 5 heteroatoms. The van der Waals surface area contributed by atoms with E-state index in [2.05, 4.69) is 9.72 Å². The van der Waals surface area contributed by atoms with Gasteiger partial charge in [-0.3, -0.25) is 9.20 Å². The third kappa shape index (κ3) is 3.43. The zero-order valence-electron chi connectivity index (χ0n) is 14.9. The highest BCUT2D eigenvalue weighted by Crippen LogP contribution is 2.32. The van der Waals surface area contributed by atoms with Crippen LogP contribution in [0.1, 0.15) is 39.0 Å². The zero-order valence-corrected chi connectivity index (χ0v) is 14.9. The van der Waals surface area contributed by atoms with Gasteiger partial charge in [-0.2, -0.15) is 0 Å². The number of carbonyl (C=O) groups excluding carboxylic acids is 1. The van der Waals surface area contributed by atoms with Gasteiger partial charge in [0.25, 0.3) is 0 Å². The number of rotatable bonds is 4. The Bertz CT molecular complexity index is 909. The van der Waals surface area contributed by atoms with Crippen LogP contribution in [0.5, 0.6) is 5.75 Å². The van der Waals surface area contributed by atoms with Crippen LogP contribution in [-0.2, 0) is 4.79 Å². The monoisotopic (exact) mass is 349 g/mol. The van der Waals surface area contributed by atoms with Crippen molar-refractivity contribution in [2.24, 2.45) is 0 Å². The molecule has 2 heterocycles. The minimum atomic E-state index is -0.315. The zero-order chi connectivity index (χ0) is 17.9. The Morgan fingerprint density at radius 3 is 2.62 bits per heavy atom. The summed E-state index contributed by atoms with van der Waals surface area (Å²) in [5.74, 6) is 1.27. The van der Waals surface area contributed by atoms with Crippen molar-refractivity contribution in [3.8, 4) is 17.0 Å². The van der Waals surface area contributed by atoms with Crippen molar-refractivity contribution in [2.75, 3.05) is 5.32 Å². The summed E-state index contributed by atoms with van der Waals surface area (Å²) in [6.07, 6.45) is 8.33. The van der Waals surface area contributed by atoms with Gasteiger partial charge in [0, 0.05) is 24.7 Å². The van der Waals surface area contributed by atoms with Crippen LogP contribution in [-0.4, -0.2) is 21.4 Å². The van der Waals surface area contributed by atoms with E-state index < -0.39 is 0 Å². The van der Waals surface area contributed by atoms with Gasteiger partial charge in [0.2, 0.25) is 0 Å². The number of hydrogen-bond donors (Lipinski definition) is 1. The Kier molecular flexibility index (Phi) is 4.61. The number of nitrogens with one attached hydrogen (secondary N) is 1. The smallest absolute Gasteiger partial charge is 0.308 e. The molecule has 0 spiro atoms. The van der Waals surface area contributed by atoms with Gasteiger partial charge >= 0.3 is 5.97 Å². The fraction of sp³-hybridized carbons (Fsp3) is 0.333. The number of hydrogen-bond acceptors (Lipinski definition) is 4. The summed E-state index contributed by atoms with van der Waals surface area (Å²) in [6.45, 7) is 1.40. The molecule has 2 aromatic heterocycles. The van der Waals surface area contributed by atoms with Crippen LogP contribution >= 0.6 is 0 Å². The van der Waals surface area contributed by atoms with Crippen molar-refractivity contribution in [1.82, 2.24) is 9.38 Å². The van der Waals surface area contributed by atoms with Crippen LogP contribution in [0.25, 0.3) is 16.9 Å². The molecule has 0 bridgehead atoms. The Balaban J connectivity index is 1.71. The molecule has 1 fully saturated rings. The van der Waals surface area contributed by atoms with Gasteiger partial charge in [0.15, 0.2) is 0 Å². The first-order chi connectivity index (χ1) is 12.7. The lowest BCUT2D eigenvalue weighted by Gasteiger charge is -2.24. The maximum absolute atomic E-state index is 11.1. The van der Waals surface area contributed by atoms with E-state index in [1.165, 1.54) is 39.0 Å². The molecule has 26 heavy (non-hydrogen) atoms. The second-order valence-corrected chi connectivity index (χ2v) is 6.84. The second kappa shape index (κ2) is 7.20. The number of benzene rings is 1. The van der Waals surface area contributed by atoms with Crippen molar-refractivity contribution in [1.29, 1.82) is 0 Å². The number of anilines is 1. The lowest BCUT2D eigenvalue weighted by atomic mass is 9.95. The summed E-state index contributed by atoms with van der Waals surface area (Å²) in [5, 5.41) is 3.73. The van der Waals surface area contributed by atoms with Crippen LogP contribution in [0.4, 0.5) is 5.82 Å². The number of ether oxygens (including phenoxy) is 1. The molecule has 1 aromatic carbocycles. The molecule has 0 amide bonds. The van der Waals surface area contributed by atoms with E-state index in [1.54, 1.807) is 0 Å². The van der Waals surface area contributed by atoms with Crippen LogP contribution in [0, 0.1) is 0 Å². The van der Waals surface area contributed by atoms with Crippen LogP contribution in [0.15, 0.2) is 48.7 Å². The minimum absolute atomic E-state index is 0.315. The normalized spacial score (nSPS) is 15.1. The molecule has 1 N–H and O–H groups in total. The maximum atomic E-state index is 11.1. The predicted molar refractivity (Wildman–Crippen MR) is 102 cm³/mol. The average Bonchev–Trinajstić information content (AvgIpc) is 3.01. The molecule has 5 nitrogen and oxygen atoms in total. The lowest BCUT2D eigenvalue weighted by Crippen LogP contribution is -2.23. The summed E-state index contributed by atoms with van der Waals surface area (Å²) in [6, 6.07) is 14.1. The first-order valence-electron chi connectivity index (χ1n) is 9.23. The van der Waals surface area contributed by atoms with Gasteiger partial charge in [-0.25, -0.2) is 4.98 Å². The summed E-state index contributed by atoms with van der Waals surface area (Å²) in [4.78, 5) is 15.9. The summed E-state index contributed by atoms with van der Waals surface area (Å²) >= 11 is 0. The first kappa shape index (κ1) is 16.6. The van der Waals surface area contributed by atoms with Crippen LogP contribution < -0.4 is 10.1 Å². The fourth-order valence-electron chi connectivity index (χ4n) is 3.62. The number of aromatic nitrogens is 2. The molecule has 1 aliphatic rings. The van der Waals surface area contributed by atoms with E-state index in [-0.39, 0.29) is 5.97 Å². The van der Waals surface area contributed by atoms with Crippen molar-refractivity contribution < 1.29 is 9.53 Å². The summed E-state index contributed by atoms with van der Waals surface area (Å²) < 4.78 is 7.25. The number of nitrogens with zero attached hydrogens (tertiary/aromatic N) is 2. The quantitative estimate of drug-likeness (QED) is 0.549. The fourth-order valence-corrected chi connectivity index (χ4v) is 3.62. The number of fused-ring (bicyclic) bond motifs is 1. The number of imidazole rings is 1. The summed E-state index contributed by atoms with van der Waals surface area (Å²) in [5.41, 5.74) is 2.85. The van der Waals surface area contributed by atoms with Crippen molar-refractivity contribution >= 4 is 17.4 Å². The van der Waals surface area contributed by atoms with Gasteiger partial charge in [-0.05, 0) is 49.2 Å². The molecule has 0 radical (unpaired) electrons. The molecular formula is C21H23N3O2. The van der Waals surface area contributed by atoms with Gasteiger partial charge in [-0.1, -0.05) is 25.3 Å². The average molecular weight is 349 g/mol. The highest BCUT2D eigenvalue weighted by atomic mass is 16.5. The number of carbonyl (C=O) groups is 1.